The van der Waals surface area contributed by atoms with E-state index in [1.807, 2.05) is 0 Å². The van der Waals surface area contributed by atoms with Crippen LogP contribution in [0.15, 0.2) is 23.1 Å². The summed E-state index contributed by atoms with van der Waals surface area (Å²) in [5.74, 6) is -0.743. The van der Waals surface area contributed by atoms with Gasteiger partial charge in [0, 0.05) is 13.1 Å². The molecule has 1 N–H and O–H groups in total. The van der Waals surface area contributed by atoms with Crippen LogP contribution in [0.25, 0.3) is 0 Å². The van der Waals surface area contributed by atoms with Crippen LogP contribution in [-0.2, 0) is 14.8 Å². The van der Waals surface area contributed by atoms with Crippen molar-refractivity contribution in [1.82, 2.24) is 9.84 Å². The predicted molar refractivity (Wildman–Crippen MR) is 63.8 cm³/mol. The molecule has 1 saturated heterocycles. The van der Waals surface area contributed by atoms with E-state index in [4.69, 9.17) is 10.00 Å². The molecule has 0 bridgehead atoms. The number of hydrazine groups is 1. The van der Waals surface area contributed by atoms with Gasteiger partial charge in [-0.25, -0.2) is 17.8 Å². The summed E-state index contributed by atoms with van der Waals surface area (Å²) in [4.78, 5) is 2.23. The van der Waals surface area contributed by atoms with Gasteiger partial charge in [-0.15, -0.1) is 4.83 Å². The third kappa shape index (κ3) is 3.27. The molecular formula is C11H12FN3O3S. The third-order valence-corrected chi connectivity index (χ3v) is 4.00. The topological polar surface area (TPSA) is 82.4 Å². The summed E-state index contributed by atoms with van der Waals surface area (Å²) in [6, 6.07) is 4.71. The van der Waals surface area contributed by atoms with Crippen LogP contribution >= 0.6 is 0 Å². The molecule has 1 fully saturated rings. The molecule has 0 aliphatic carbocycles. The van der Waals surface area contributed by atoms with Crippen LogP contribution in [0.2, 0.25) is 0 Å². The van der Waals surface area contributed by atoms with Crippen LogP contribution in [0, 0.1) is 17.1 Å². The molecule has 0 amide bonds. The van der Waals surface area contributed by atoms with Gasteiger partial charge in [0.25, 0.3) is 10.0 Å². The van der Waals surface area contributed by atoms with E-state index in [-0.39, 0.29) is 10.5 Å². The Morgan fingerprint density at radius 2 is 2.05 bits per heavy atom. The second kappa shape index (κ2) is 5.63. The van der Waals surface area contributed by atoms with Crippen LogP contribution in [0.3, 0.4) is 0 Å². The van der Waals surface area contributed by atoms with Gasteiger partial charge in [0.1, 0.15) is 11.9 Å². The average molecular weight is 285 g/mol. The number of morpholine rings is 1. The molecule has 19 heavy (non-hydrogen) atoms. The summed E-state index contributed by atoms with van der Waals surface area (Å²) >= 11 is 0. The maximum atomic E-state index is 13.2. The van der Waals surface area contributed by atoms with E-state index in [9.17, 15) is 12.8 Å². The van der Waals surface area contributed by atoms with Crippen molar-refractivity contribution in [2.24, 2.45) is 0 Å². The van der Waals surface area contributed by atoms with E-state index in [1.165, 1.54) is 5.01 Å². The highest BCUT2D eigenvalue weighted by Crippen LogP contribution is 2.14. The lowest BCUT2D eigenvalue weighted by molar-refractivity contribution is 0.0272. The molecule has 0 spiro atoms. The lowest BCUT2D eigenvalue weighted by Crippen LogP contribution is -2.48. The largest absolute Gasteiger partial charge is 0.379 e. The minimum absolute atomic E-state index is 0.142. The zero-order valence-corrected chi connectivity index (χ0v) is 10.8. The van der Waals surface area contributed by atoms with Gasteiger partial charge in [-0.1, -0.05) is 0 Å². The Morgan fingerprint density at radius 1 is 1.37 bits per heavy atom. The van der Waals surface area contributed by atoms with Gasteiger partial charge < -0.3 is 4.74 Å². The quantitative estimate of drug-likeness (QED) is 0.859. The summed E-state index contributed by atoms with van der Waals surface area (Å²) in [5.41, 5.74) is -0.301. The number of hydrogen-bond donors (Lipinski definition) is 1. The van der Waals surface area contributed by atoms with Crippen molar-refractivity contribution in [2.45, 2.75) is 4.90 Å². The fraction of sp³-hybridized carbons (Fsp3) is 0.364. The van der Waals surface area contributed by atoms with Gasteiger partial charge in [0.2, 0.25) is 0 Å². The molecular weight excluding hydrogens is 273 g/mol. The molecule has 1 heterocycles. The van der Waals surface area contributed by atoms with E-state index in [2.05, 4.69) is 4.83 Å². The number of nitrogens with one attached hydrogen (secondary N) is 1. The molecule has 0 aromatic heterocycles. The second-order valence-electron chi connectivity index (χ2n) is 3.95. The standard InChI is InChI=1S/C11H12FN3O3S/c12-11-2-1-10(7-9(11)8-13)19(16,17)14-15-3-5-18-6-4-15/h1-2,7,14H,3-6H2. The Labute approximate surface area is 110 Å². The highest BCUT2D eigenvalue weighted by Gasteiger charge is 2.21. The SMILES string of the molecule is N#Cc1cc(S(=O)(=O)NN2CCOCC2)ccc1F. The molecule has 1 aromatic carbocycles. The van der Waals surface area contributed by atoms with E-state index >= 15 is 0 Å². The molecule has 0 unspecified atom stereocenters. The number of hydrogen-bond acceptors (Lipinski definition) is 5. The van der Waals surface area contributed by atoms with Gasteiger partial charge in [-0.05, 0) is 18.2 Å². The zero-order valence-electron chi connectivity index (χ0n) is 9.97. The molecule has 1 aliphatic rings. The zero-order chi connectivity index (χ0) is 13.9. The van der Waals surface area contributed by atoms with E-state index in [0.717, 1.165) is 18.2 Å². The Bertz CT molecular complexity index is 606. The van der Waals surface area contributed by atoms with E-state index < -0.39 is 15.8 Å². The number of nitrogens with zero attached hydrogens (tertiary/aromatic N) is 2. The highest BCUT2D eigenvalue weighted by atomic mass is 32.2. The Balaban J connectivity index is 2.21. The second-order valence-corrected chi connectivity index (χ2v) is 5.61. The fourth-order valence-electron chi connectivity index (χ4n) is 1.63. The first-order chi connectivity index (χ1) is 9.03. The van der Waals surface area contributed by atoms with Crippen LogP contribution < -0.4 is 4.83 Å². The summed E-state index contributed by atoms with van der Waals surface area (Å²) in [6.07, 6.45) is 0. The summed E-state index contributed by atoms with van der Waals surface area (Å²) in [5, 5.41) is 10.2. The molecule has 1 aromatic rings. The van der Waals surface area contributed by atoms with Crippen molar-refractivity contribution in [1.29, 1.82) is 5.26 Å². The van der Waals surface area contributed by atoms with Gasteiger partial charge >= 0.3 is 0 Å². The van der Waals surface area contributed by atoms with Crippen molar-refractivity contribution in [3.05, 3.63) is 29.6 Å². The van der Waals surface area contributed by atoms with Gasteiger partial charge in [-0.2, -0.15) is 5.26 Å². The first-order valence-electron chi connectivity index (χ1n) is 5.58. The van der Waals surface area contributed by atoms with Crippen molar-refractivity contribution in [2.75, 3.05) is 26.3 Å². The lowest BCUT2D eigenvalue weighted by atomic mass is 10.2. The van der Waals surface area contributed by atoms with Gasteiger partial charge in [0.15, 0.2) is 0 Å². The lowest BCUT2D eigenvalue weighted by Gasteiger charge is -2.26. The molecule has 1 aliphatic heterocycles. The van der Waals surface area contributed by atoms with Crippen LogP contribution in [0.4, 0.5) is 4.39 Å². The third-order valence-electron chi connectivity index (χ3n) is 2.63. The Morgan fingerprint density at radius 3 is 2.68 bits per heavy atom. The molecule has 8 heteroatoms. The molecule has 102 valence electrons. The number of halogens is 1. The smallest absolute Gasteiger partial charge is 0.253 e. The maximum absolute atomic E-state index is 13.2. The van der Waals surface area contributed by atoms with Gasteiger partial charge in [-0.3, -0.25) is 0 Å². The number of benzene rings is 1. The van der Waals surface area contributed by atoms with Crippen LogP contribution in [0.1, 0.15) is 5.56 Å². The first kappa shape index (κ1) is 13.9. The van der Waals surface area contributed by atoms with E-state index in [0.29, 0.717) is 26.3 Å². The van der Waals surface area contributed by atoms with Crippen molar-refractivity contribution in [3.63, 3.8) is 0 Å². The molecule has 2 rings (SSSR count). The van der Waals surface area contributed by atoms with E-state index in [1.54, 1.807) is 6.07 Å². The first-order valence-corrected chi connectivity index (χ1v) is 7.06. The number of ether oxygens (including phenoxy) is 1. The van der Waals surface area contributed by atoms with Crippen LogP contribution in [-0.4, -0.2) is 39.7 Å². The molecule has 6 nitrogen and oxygen atoms in total. The molecule has 0 saturated carbocycles. The average Bonchev–Trinajstić information content (AvgIpc) is 2.39. The van der Waals surface area contributed by atoms with Gasteiger partial charge in [0.05, 0.1) is 23.7 Å². The minimum atomic E-state index is -3.81. The number of nitriles is 1. The normalized spacial score (nSPS) is 17.1. The van der Waals surface area contributed by atoms with Crippen molar-refractivity contribution < 1.29 is 17.5 Å². The summed E-state index contributed by atoms with van der Waals surface area (Å²) < 4.78 is 42.4. The van der Waals surface area contributed by atoms with Crippen molar-refractivity contribution >= 4 is 10.0 Å². The Hall–Kier alpha value is -1.53. The molecule has 0 radical (unpaired) electrons. The Kier molecular flexibility index (Phi) is 4.11. The summed E-state index contributed by atoms with van der Waals surface area (Å²) in [7, 11) is -3.81. The highest BCUT2D eigenvalue weighted by molar-refractivity contribution is 7.89. The minimum Gasteiger partial charge on any atom is -0.379 e. The van der Waals surface area contributed by atoms with Crippen molar-refractivity contribution in [3.8, 4) is 6.07 Å². The summed E-state index contributed by atoms with van der Waals surface area (Å²) in [6.45, 7) is 1.75. The molecule has 0 atom stereocenters. The monoisotopic (exact) mass is 285 g/mol. The number of rotatable bonds is 3. The van der Waals surface area contributed by atoms with Crippen LogP contribution in [0.5, 0.6) is 0 Å². The fourth-order valence-corrected chi connectivity index (χ4v) is 2.78. The maximum Gasteiger partial charge on any atom is 0.253 e. The predicted octanol–water partition coefficient (Wildman–Crippen LogP) is 0.223. The number of sulfonamides is 1.